The number of rotatable bonds is 5. The fraction of sp³-hybridized carbons (Fsp3) is 0.222. The molecule has 132 valence electrons. The second kappa shape index (κ2) is 7.74. The Bertz CT molecular complexity index is 776. The maximum Gasteiger partial charge on any atom is 0.244 e. The number of carbonyl (C=O) groups excluding carboxylic acids is 2. The van der Waals surface area contributed by atoms with Crippen LogP contribution in [-0.2, 0) is 9.59 Å². The fourth-order valence-corrected chi connectivity index (χ4v) is 2.25. The number of nitrogens with one attached hydrogen (secondary N) is 1. The van der Waals surface area contributed by atoms with E-state index in [1.54, 1.807) is 12.1 Å². The van der Waals surface area contributed by atoms with Crippen LogP contribution < -0.4 is 15.1 Å². The second-order valence-corrected chi connectivity index (χ2v) is 5.69. The van der Waals surface area contributed by atoms with E-state index in [1.165, 1.54) is 6.92 Å². The Morgan fingerprint density at radius 3 is 2.20 bits per heavy atom. The highest BCUT2D eigenvalue weighted by Crippen LogP contribution is 2.21. The zero-order chi connectivity index (χ0) is 18.6. The van der Waals surface area contributed by atoms with Gasteiger partial charge in [-0.2, -0.15) is 0 Å². The SMILES string of the molecule is CC(=O)N(CC(=O)Nc1ccc(N(C)C)cc1)c1ccc(F)cc1F. The monoisotopic (exact) mass is 347 g/mol. The number of hydrogen-bond acceptors (Lipinski definition) is 3. The molecule has 2 aromatic rings. The Morgan fingerprint density at radius 1 is 1.04 bits per heavy atom. The molecule has 2 rings (SSSR count). The van der Waals surface area contributed by atoms with Crippen LogP contribution in [0.15, 0.2) is 42.5 Å². The molecule has 0 aromatic heterocycles. The van der Waals surface area contributed by atoms with Crippen LogP contribution in [0.2, 0.25) is 0 Å². The molecule has 2 amide bonds. The lowest BCUT2D eigenvalue weighted by Gasteiger charge is -2.21. The predicted molar refractivity (Wildman–Crippen MR) is 93.8 cm³/mol. The van der Waals surface area contributed by atoms with E-state index in [-0.39, 0.29) is 12.2 Å². The lowest BCUT2D eigenvalue weighted by atomic mass is 10.2. The Labute approximate surface area is 144 Å². The first-order chi connectivity index (χ1) is 11.8. The van der Waals surface area contributed by atoms with Gasteiger partial charge in [-0.05, 0) is 36.4 Å². The van der Waals surface area contributed by atoms with E-state index >= 15 is 0 Å². The molecule has 25 heavy (non-hydrogen) atoms. The highest BCUT2D eigenvalue weighted by atomic mass is 19.1. The van der Waals surface area contributed by atoms with Gasteiger partial charge >= 0.3 is 0 Å². The van der Waals surface area contributed by atoms with Crippen LogP contribution >= 0.6 is 0 Å². The number of amides is 2. The molecule has 0 bridgehead atoms. The van der Waals surface area contributed by atoms with Crippen LogP contribution in [0.1, 0.15) is 6.92 Å². The van der Waals surface area contributed by atoms with E-state index in [2.05, 4.69) is 5.32 Å². The molecular formula is C18H19F2N3O2. The zero-order valence-corrected chi connectivity index (χ0v) is 14.2. The van der Waals surface area contributed by atoms with Crippen molar-refractivity contribution in [3.05, 3.63) is 54.1 Å². The van der Waals surface area contributed by atoms with Crippen molar-refractivity contribution in [3.8, 4) is 0 Å². The van der Waals surface area contributed by atoms with E-state index in [9.17, 15) is 18.4 Å². The Morgan fingerprint density at radius 2 is 1.68 bits per heavy atom. The molecule has 0 aliphatic heterocycles. The minimum atomic E-state index is -0.904. The lowest BCUT2D eigenvalue weighted by Crippen LogP contribution is -2.37. The second-order valence-electron chi connectivity index (χ2n) is 5.69. The van der Waals surface area contributed by atoms with Gasteiger partial charge in [-0.3, -0.25) is 9.59 Å². The van der Waals surface area contributed by atoms with E-state index < -0.39 is 23.4 Å². The molecule has 7 heteroatoms. The first-order valence-corrected chi connectivity index (χ1v) is 7.58. The third-order valence-corrected chi connectivity index (χ3v) is 3.55. The van der Waals surface area contributed by atoms with Crippen LogP contribution in [0.5, 0.6) is 0 Å². The third-order valence-electron chi connectivity index (χ3n) is 3.55. The summed E-state index contributed by atoms with van der Waals surface area (Å²) in [6.45, 7) is 0.829. The highest BCUT2D eigenvalue weighted by Gasteiger charge is 2.19. The highest BCUT2D eigenvalue weighted by molar-refractivity contribution is 6.01. The summed E-state index contributed by atoms with van der Waals surface area (Å²) in [6, 6.07) is 9.95. The van der Waals surface area contributed by atoms with Crippen molar-refractivity contribution in [2.45, 2.75) is 6.92 Å². The zero-order valence-electron chi connectivity index (χ0n) is 14.2. The van der Waals surface area contributed by atoms with Crippen molar-refractivity contribution in [3.63, 3.8) is 0 Å². The van der Waals surface area contributed by atoms with Crippen molar-refractivity contribution >= 4 is 28.9 Å². The van der Waals surface area contributed by atoms with Gasteiger partial charge in [0.05, 0.1) is 5.69 Å². The van der Waals surface area contributed by atoms with Gasteiger partial charge in [0.1, 0.15) is 18.2 Å². The molecule has 0 spiro atoms. The summed E-state index contributed by atoms with van der Waals surface area (Å²) in [7, 11) is 3.80. The van der Waals surface area contributed by atoms with Crippen molar-refractivity contribution in [2.75, 3.05) is 35.8 Å². The Kier molecular flexibility index (Phi) is 5.69. The first-order valence-electron chi connectivity index (χ1n) is 7.58. The summed E-state index contributed by atoms with van der Waals surface area (Å²) < 4.78 is 26.9. The van der Waals surface area contributed by atoms with E-state index in [0.717, 1.165) is 22.7 Å². The number of nitrogens with zero attached hydrogens (tertiary/aromatic N) is 2. The predicted octanol–water partition coefficient (Wildman–Crippen LogP) is 3.02. The minimum absolute atomic E-state index is 0.146. The van der Waals surface area contributed by atoms with Gasteiger partial charge in [0.25, 0.3) is 0 Å². The summed E-state index contributed by atoms with van der Waals surface area (Å²) >= 11 is 0. The van der Waals surface area contributed by atoms with Gasteiger partial charge in [0.15, 0.2) is 0 Å². The number of hydrogen-bond donors (Lipinski definition) is 1. The van der Waals surface area contributed by atoms with E-state index in [4.69, 9.17) is 0 Å². The fourth-order valence-electron chi connectivity index (χ4n) is 2.25. The molecule has 0 radical (unpaired) electrons. The van der Waals surface area contributed by atoms with Gasteiger partial charge in [-0.1, -0.05) is 0 Å². The van der Waals surface area contributed by atoms with Crippen LogP contribution in [-0.4, -0.2) is 32.5 Å². The normalized spacial score (nSPS) is 10.3. The summed E-state index contributed by atoms with van der Waals surface area (Å²) in [5, 5.41) is 2.65. The molecular weight excluding hydrogens is 328 g/mol. The molecule has 0 aliphatic carbocycles. The van der Waals surface area contributed by atoms with Crippen LogP contribution in [0, 0.1) is 11.6 Å². The molecule has 1 N–H and O–H groups in total. The first kappa shape index (κ1) is 18.4. The largest absolute Gasteiger partial charge is 0.378 e. The van der Waals surface area contributed by atoms with Crippen molar-refractivity contribution in [1.29, 1.82) is 0 Å². The minimum Gasteiger partial charge on any atom is -0.378 e. The summed E-state index contributed by atoms with van der Waals surface area (Å²) in [4.78, 5) is 26.8. The molecule has 0 saturated carbocycles. The van der Waals surface area contributed by atoms with Gasteiger partial charge in [-0.15, -0.1) is 0 Å². The molecule has 2 aromatic carbocycles. The summed E-state index contributed by atoms with van der Waals surface area (Å²) in [5.74, 6) is -2.67. The smallest absolute Gasteiger partial charge is 0.244 e. The van der Waals surface area contributed by atoms with Crippen LogP contribution in [0.3, 0.4) is 0 Å². The number of benzene rings is 2. The molecule has 0 saturated heterocycles. The number of carbonyl (C=O) groups is 2. The maximum atomic E-state index is 13.9. The van der Waals surface area contributed by atoms with Crippen molar-refractivity contribution in [1.82, 2.24) is 0 Å². The Hall–Kier alpha value is -2.96. The lowest BCUT2D eigenvalue weighted by molar-refractivity contribution is -0.120. The Balaban J connectivity index is 2.11. The van der Waals surface area contributed by atoms with E-state index in [1.807, 2.05) is 31.1 Å². The van der Waals surface area contributed by atoms with Gasteiger partial charge in [0.2, 0.25) is 11.8 Å². The molecule has 5 nitrogen and oxygen atoms in total. The number of halogens is 2. The standard InChI is InChI=1S/C18H19F2N3O2/c1-12(24)23(17-9-4-13(19)10-16(17)20)11-18(25)21-14-5-7-15(8-6-14)22(2)3/h4-10H,11H2,1-3H3,(H,21,25). The quantitative estimate of drug-likeness (QED) is 0.905. The van der Waals surface area contributed by atoms with Crippen molar-refractivity contribution < 1.29 is 18.4 Å². The maximum absolute atomic E-state index is 13.9. The molecule has 0 heterocycles. The summed E-state index contributed by atoms with van der Waals surface area (Å²) in [6.07, 6.45) is 0. The average molecular weight is 347 g/mol. The average Bonchev–Trinajstić information content (AvgIpc) is 2.53. The number of anilines is 3. The molecule has 0 atom stereocenters. The third kappa shape index (κ3) is 4.76. The molecule has 0 fully saturated rings. The van der Waals surface area contributed by atoms with Crippen molar-refractivity contribution in [2.24, 2.45) is 0 Å². The van der Waals surface area contributed by atoms with Crippen LogP contribution in [0.4, 0.5) is 25.8 Å². The van der Waals surface area contributed by atoms with Gasteiger partial charge in [0, 0.05) is 38.5 Å². The van der Waals surface area contributed by atoms with Crippen LogP contribution in [0.25, 0.3) is 0 Å². The topological polar surface area (TPSA) is 52.7 Å². The summed E-state index contributed by atoms with van der Waals surface area (Å²) in [5.41, 5.74) is 1.38. The van der Waals surface area contributed by atoms with E-state index in [0.29, 0.717) is 11.8 Å². The van der Waals surface area contributed by atoms with Gasteiger partial charge < -0.3 is 15.1 Å². The molecule has 0 aliphatic rings. The van der Waals surface area contributed by atoms with Gasteiger partial charge in [-0.25, -0.2) is 8.78 Å². The molecule has 0 unspecified atom stereocenters.